The Morgan fingerprint density at radius 1 is 1.03 bits per heavy atom. The Morgan fingerprint density at radius 2 is 1.83 bits per heavy atom. The van der Waals surface area contributed by atoms with Gasteiger partial charge in [-0.25, -0.2) is 0 Å². The summed E-state index contributed by atoms with van der Waals surface area (Å²) >= 11 is 1.64. The molecule has 8 heteroatoms. The van der Waals surface area contributed by atoms with E-state index in [4.69, 9.17) is 10.5 Å². The predicted octanol–water partition coefficient (Wildman–Crippen LogP) is 5.76. The first kappa shape index (κ1) is 23.3. The minimum absolute atomic E-state index is 0.225. The minimum Gasteiger partial charge on any atom is -0.496 e. The number of hydrogen-bond acceptors (Lipinski definition) is 6. The third kappa shape index (κ3) is 5.13. The molecule has 180 valence electrons. The van der Waals surface area contributed by atoms with Crippen molar-refractivity contribution in [3.8, 4) is 27.4 Å². The van der Waals surface area contributed by atoms with Crippen LogP contribution in [0.25, 0.3) is 21.7 Å². The average Bonchev–Trinajstić information content (AvgIpc) is 3.62. The molecule has 0 fully saturated rings. The fraction of sp³-hybridized carbons (Fsp3) is 0.107. The molecular formula is C28H25N5O2S. The Labute approximate surface area is 213 Å². The van der Waals surface area contributed by atoms with Crippen LogP contribution in [0.3, 0.4) is 0 Å². The number of benzene rings is 3. The zero-order valence-electron chi connectivity index (χ0n) is 19.7. The van der Waals surface area contributed by atoms with Gasteiger partial charge in [-0.2, -0.15) is 0 Å². The number of amides is 1. The smallest absolute Gasteiger partial charge is 0.255 e. The third-order valence-electron chi connectivity index (χ3n) is 5.89. The number of methoxy groups -OCH3 is 1. The van der Waals surface area contributed by atoms with Gasteiger partial charge in [-0.1, -0.05) is 47.7 Å². The molecule has 0 aliphatic carbocycles. The Hall–Kier alpha value is -4.43. The first-order chi connectivity index (χ1) is 17.6. The highest BCUT2D eigenvalue weighted by atomic mass is 32.1. The summed E-state index contributed by atoms with van der Waals surface area (Å²) < 4.78 is 7.23. The molecule has 3 aromatic carbocycles. The van der Waals surface area contributed by atoms with Crippen molar-refractivity contribution in [2.24, 2.45) is 0 Å². The van der Waals surface area contributed by atoms with Crippen LogP contribution in [-0.2, 0) is 13.0 Å². The van der Waals surface area contributed by atoms with Gasteiger partial charge >= 0.3 is 0 Å². The second-order valence-corrected chi connectivity index (χ2v) is 9.19. The fourth-order valence-electron chi connectivity index (χ4n) is 3.93. The molecule has 0 aliphatic heterocycles. The summed E-state index contributed by atoms with van der Waals surface area (Å²) in [7, 11) is 1.67. The topological polar surface area (TPSA) is 95.1 Å². The monoisotopic (exact) mass is 495 g/mol. The summed E-state index contributed by atoms with van der Waals surface area (Å²) in [5.41, 5.74) is 11.5. The summed E-state index contributed by atoms with van der Waals surface area (Å²) in [6.45, 7) is 0.680. The second kappa shape index (κ2) is 10.5. The number of hydrogen-bond donors (Lipinski definition) is 2. The molecule has 1 amide bonds. The van der Waals surface area contributed by atoms with Crippen molar-refractivity contribution in [2.75, 3.05) is 18.2 Å². The molecule has 0 bridgehead atoms. The molecule has 0 aliphatic rings. The highest BCUT2D eigenvalue weighted by Crippen LogP contribution is 2.30. The maximum atomic E-state index is 12.9. The summed E-state index contributed by atoms with van der Waals surface area (Å²) in [6, 6.07) is 24.9. The van der Waals surface area contributed by atoms with E-state index in [0.29, 0.717) is 23.5 Å². The quantitative estimate of drug-likeness (QED) is 0.267. The van der Waals surface area contributed by atoms with Gasteiger partial charge in [-0.15, -0.1) is 16.4 Å². The van der Waals surface area contributed by atoms with Gasteiger partial charge in [0, 0.05) is 22.5 Å². The van der Waals surface area contributed by atoms with Gasteiger partial charge in [-0.05, 0) is 59.3 Å². The van der Waals surface area contributed by atoms with E-state index in [0.717, 1.165) is 39.4 Å². The molecule has 3 N–H and O–H groups in total. The number of aryl methyl sites for hydroxylation is 2. The van der Waals surface area contributed by atoms with Crippen molar-refractivity contribution < 1.29 is 9.53 Å². The van der Waals surface area contributed by atoms with Crippen LogP contribution >= 0.6 is 11.3 Å². The van der Waals surface area contributed by atoms with Crippen LogP contribution in [0.5, 0.6) is 5.75 Å². The number of para-hydroxylation sites is 1. The van der Waals surface area contributed by atoms with Gasteiger partial charge in [0.1, 0.15) is 11.4 Å². The molecule has 0 saturated carbocycles. The Balaban J connectivity index is 1.25. The number of nitrogen functional groups attached to an aromatic ring is 1. The number of nitrogens with zero attached hydrogens (tertiary/aromatic N) is 3. The van der Waals surface area contributed by atoms with Crippen LogP contribution in [0.1, 0.15) is 15.9 Å². The normalized spacial score (nSPS) is 10.8. The Kier molecular flexibility index (Phi) is 6.77. The summed E-state index contributed by atoms with van der Waals surface area (Å²) in [5.74, 6) is 0.642. The fourth-order valence-corrected chi connectivity index (χ4v) is 4.66. The number of nitrogens with two attached hydrogens (primary N) is 1. The average molecular weight is 496 g/mol. The summed E-state index contributed by atoms with van der Waals surface area (Å²) in [5, 5.41) is 13.5. The highest BCUT2D eigenvalue weighted by molar-refractivity contribution is 7.13. The Bertz CT molecular complexity index is 1480. The molecule has 0 radical (unpaired) electrons. The van der Waals surface area contributed by atoms with Gasteiger partial charge < -0.3 is 15.8 Å². The number of ether oxygens (including phenoxy) is 1. The van der Waals surface area contributed by atoms with Gasteiger partial charge in [-0.3, -0.25) is 9.48 Å². The Morgan fingerprint density at radius 3 is 2.61 bits per heavy atom. The van der Waals surface area contributed by atoms with Gasteiger partial charge in [0.15, 0.2) is 0 Å². The van der Waals surface area contributed by atoms with Crippen molar-refractivity contribution in [1.29, 1.82) is 0 Å². The van der Waals surface area contributed by atoms with Crippen LogP contribution in [0.4, 0.5) is 11.4 Å². The molecule has 5 rings (SSSR count). The molecule has 0 spiro atoms. The van der Waals surface area contributed by atoms with E-state index in [-0.39, 0.29) is 5.91 Å². The van der Waals surface area contributed by atoms with Crippen molar-refractivity contribution in [2.45, 2.75) is 13.0 Å². The van der Waals surface area contributed by atoms with E-state index in [9.17, 15) is 4.79 Å². The van der Waals surface area contributed by atoms with Crippen molar-refractivity contribution in [3.63, 3.8) is 0 Å². The van der Waals surface area contributed by atoms with E-state index >= 15 is 0 Å². The summed E-state index contributed by atoms with van der Waals surface area (Å²) in [4.78, 5) is 14.0. The van der Waals surface area contributed by atoms with Gasteiger partial charge in [0.2, 0.25) is 0 Å². The van der Waals surface area contributed by atoms with Gasteiger partial charge in [0.25, 0.3) is 5.91 Å². The lowest BCUT2D eigenvalue weighted by atomic mass is 10.1. The zero-order chi connectivity index (χ0) is 24.9. The van der Waals surface area contributed by atoms with E-state index in [1.807, 2.05) is 83.0 Å². The van der Waals surface area contributed by atoms with E-state index in [1.165, 1.54) is 0 Å². The van der Waals surface area contributed by atoms with Gasteiger partial charge in [0.05, 0.1) is 24.7 Å². The third-order valence-corrected chi connectivity index (χ3v) is 6.81. The standard InChI is InChI=1S/C28H25N5O2S/c1-35-26-6-3-2-5-20(26)14-15-33-18-25(31-32-33)19-8-10-21(11-9-19)28(34)30-24-17-22(12-13-23(24)29)27-7-4-16-36-27/h2-13,16-18H,14-15,29H2,1H3,(H,30,34). The van der Waals surface area contributed by atoms with Crippen LogP contribution in [-0.4, -0.2) is 28.0 Å². The molecular weight excluding hydrogens is 470 g/mol. The lowest BCUT2D eigenvalue weighted by molar-refractivity contribution is 0.102. The maximum absolute atomic E-state index is 12.9. The van der Waals surface area contributed by atoms with Crippen LogP contribution < -0.4 is 15.8 Å². The molecule has 2 heterocycles. The molecule has 0 atom stereocenters. The minimum atomic E-state index is -0.225. The van der Waals surface area contributed by atoms with Crippen molar-refractivity contribution in [3.05, 3.63) is 102 Å². The van der Waals surface area contributed by atoms with Crippen molar-refractivity contribution >= 4 is 28.6 Å². The highest BCUT2D eigenvalue weighted by Gasteiger charge is 2.12. The van der Waals surface area contributed by atoms with E-state index < -0.39 is 0 Å². The number of thiophene rings is 1. The maximum Gasteiger partial charge on any atom is 0.255 e. The lowest BCUT2D eigenvalue weighted by Crippen LogP contribution is -2.13. The lowest BCUT2D eigenvalue weighted by Gasteiger charge is -2.10. The SMILES string of the molecule is COc1ccccc1CCn1cc(-c2ccc(C(=O)Nc3cc(-c4cccs4)ccc3N)cc2)nn1. The number of anilines is 2. The molecule has 7 nitrogen and oxygen atoms in total. The largest absolute Gasteiger partial charge is 0.496 e. The van der Waals surface area contributed by atoms with Crippen molar-refractivity contribution in [1.82, 2.24) is 15.0 Å². The van der Waals surface area contributed by atoms with Crippen LogP contribution in [0.2, 0.25) is 0 Å². The zero-order valence-corrected chi connectivity index (χ0v) is 20.5. The van der Waals surface area contributed by atoms with Crippen LogP contribution in [0, 0.1) is 0 Å². The van der Waals surface area contributed by atoms with E-state index in [2.05, 4.69) is 15.6 Å². The first-order valence-electron chi connectivity index (χ1n) is 11.5. The molecule has 36 heavy (non-hydrogen) atoms. The number of nitrogens with one attached hydrogen (secondary N) is 1. The molecule has 0 unspecified atom stereocenters. The van der Waals surface area contributed by atoms with E-state index in [1.54, 1.807) is 30.6 Å². The number of aromatic nitrogens is 3. The second-order valence-electron chi connectivity index (χ2n) is 8.24. The predicted molar refractivity (Wildman–Crippen MR) is 144 cm³/mol. The molecule has 5 aromatic rings. The molecule has 0 saturated heterocycles. The number of carbonyl (C=O) groups excluding carboxylic acids is 1. The van der Waals surface area contributed by atoms with Crippen LogP contribution in [0.15, 0.2) is 90.4 Å². The number of carbonyl (C=O) groups is 1. The first-order valence-corrected chi connectivity index (χ1v) is 12.4. The summed E-state index contributed by atoms with van der Waals surface area (Å²) in [6.07, 6.45) is 2.68. The molecule has 2 aromatic heterocycles. The number of rotatable bonds is 8.